The molecule has 0 unspecified atom stereocenters. The lowest BCUT2D eigenvalue weighted by molar-refractivity contribution is 0.0899. The van der Waals surface area contributed by atoms with E-state index in [0.717, 1.165) is 19.3 Å². The van der Waals surface area contributed by atoms with Gasteiger partial charge in [-0.1, -0.05) is 31.9 Å². The fourth-order valence-electron chi connectivity index (χ4n) is 2.96. The van der Waals surface area contributed by atoms with Gasteiger partial charge < -0.3 is 10.3 Å². The van der Waals surface area contributed by atoms with E-state index in [0.29, 0.717) is 16.8 Å². The van der Waals surface area contributed by atoms with Crippen LogP contribution in [0.1, 0.15) is 43.2 Å². The van der Waals surface area contributed by atoms with Crippen LogP contribution in [-0.2, 0) is 0 Å². The molecule has 5 nitrogen and oxygen atoms in total. The van der Waals surface area contributed by atoms with Gasteiger partial charge in [-0.25, -0.2) is 4.98 Å². The molecule has 0 saturated heterocycles. The number of hydrogen-bond donors (Lipinski definition) is 2. The van der Waals surface area contributed by atoms with Crippen molar-refractivity contribution in [1.29, 1.82) is 0 Å². The topological polar surface area (TPSA) is 74.8 Å². The summed E-state index contributed by atoms with van der Waals surface area (Å²) < 4.78 is 0. The third kappa shape index (κ3) is 2.82. The van der Waals surface area contributed by atoms with Crippen LogP contribution in [0.3, 0.4) is 0 Å². The van der Waals surface area contributed by atoms with Gasteiger partial charge in [-0.05, 0) is 30.9 Å². The first-order valence-corrected chi connectivity index (χ1v) is 7.45. The minimum atomic E-state index is -0.295. The average molecular weight is 285 g/mol. The van der Waals surface area contributed by atoms with Crippen molar-refractivity contribution in [1.82, 2.24) is 15.3 Å². The number of benzene rings is 1. The first kappa shape index (κ1) is 13.8. The van der Waals surface area contributed by atoms with E-state index in [2.05, 4.69) is 22.2 Å². The summed E-state index contributed by atoms with van der Waals surface area (Å²) in [5, 5.41) is 3.51. The minimum Gasteiger partial charge on any atom is -0.346 e. The lowest BCUT2D eigenvalue weighted by Gasteiger charge is -2.29. The first-order chi connectivity index (χ1) is 10.1. The maximum atomic E-state index is 12.3. The van der Waals surface area contributed by atoms with Crippen molar-refractivity contribution in [2.24, 2.45) is 5.92 Å². The van der Waals surface area contributed by atoms with E-state index in [-0.39, 0.29) is 23.3 Å². The van der Waals surface area contributed by atoms with E-state index >= 15 is 0 Å². The summed E-state index contributed by atoms with van der Waals surface area (Å²) in [7, 11) is 0. The van der Waals surface area contributed by atoms with E-state index in [4.69, 9.17) is 0 Å². The monoisotopic (exact) mass is 285 g/mol. The Hall–Kier alpha value is -2.17. The highest BCUT2D eigenvalue weighted by molar-refractivity contribution is 5.92. The number of para-hydroxylation sites is 1. The molecule has 2 aromatic rings. The molecule has 1 aliphatic carbocycles. The highest BCUT2D eigenvalue weighted by Crippen LogP contribution is 2.23. The van der Waals surface area contributed by atoms with Crippen LogP contribution in [0.5, 0.6) is 0 Å². The van der Waals surface area contributed by atoms with Crippen molar-refractivity contribution in [2.45, 2.75) is 38.6 Å². The van der Waals surface area contributed by atoms with E-state index in [1.165, 1.54) is 6.42 Å². The summed E-state index contributed by atoms with van der Waals surface area (Å²) in [6.45, 7) is 2.15. The molecular weight excluding hydrogens is 266 g/mol. The van der Waals surface area contributed by atoms with Crippen LogP contribution in [0.25, 0.3) is 10.9 Å². The third-order valence-corrected chi connectivity index (χ3v) is 4.26. The van der Waals surface area contributed by atoms with Gasteiger partial charge in [-0.15, -0.1) is 0 Å². The Kier molecular flexibility index (Phi) is 3.73. The SMILES string of the molecule is C[C@H]1CCCC[C@@H]1NC(=O)c1nc2ccccc2c(=O)[nH]1. The molecule has 1 amide bonds. The Morgan fingerprint density at radius 3 is 2.86 bits per heavy atom. The number of nitrogens with one attached hydrogen (secondary N) is 2. The van der Waals surface area contributed by atoms with Gasteiger partial charge in [0.05, 0.1) is 10.9 Å². The highest BCUT2D eigenvalue weighted by Gasteiger charge is 2.24. The molecule has 1 aromatic carbocycles. The number of rotatable bonds is 2. The molecule has 1 fully saturated rings. The Morgan fingerprint density at radius 1 is 1.29 bits per heavy atom. The number of hydrogen-bond acceptors (Lipinski definition) is 3. The average Bonchev–Trinajstić information content (AvgIpc) is 2.49. The molecule has 1 aliphatic rings. The highest BCUT2D eigenvalue weighted by atomic mass is 16.2. The first-order valence-electron chi connectivity index (χ1n) is 7.45. The number of aromatic amines is 1. The van der Waals surface area contributed by atoms with Crippen molar-refractivity contribution in [3.8, 4) is 0 Å². The summed E-state index contributed by atoms with van der Waals surface area (Å²) in [6, 6.07) is 7.20. The standard InChI is InChI=1S/C16H19N3O2/c1-10-6-2-4-8-12(10)18-16(21)14-17-13-9-5-3-7-11(13)15(20)19-14/h3,5,7,9-10,12H,2,4,6,8H2,1H3,(H,18,21)(H,17,19,20)/t10-,12-/m0/s1. The molecular formula is C16H19N3O2. The molecule has 1 saturated carbocycles. The fraction of sp³-hybridized carbons (Fsp3) is 0.438. The normalized spacial score (nSPS) is 22.1. The van der Waals surface area contributed by atoms with Crippen molar-refractivity contribution in [3.63, 3.8) is 0 Å². The number of carbonyl (C=O) groups excluding carboxylic acids is 1. The molecule has 2 atom stereocenters. The second kappa shape index (κ2) is 5.68. The largest absolute Gasteiger partial charge is 0.346 e. The molecule has 0 spiro atoms. The van der Waals surface area contributed by atoms with Gasteiger partial charge in [-0.2, -0.15) is 0 Å². The second-order valence-corrected chi connectivity index (χ2v) is 5.77. The van der Waals surface area contributed by atoms with E-state index < -0.39 is 0 Å². The fourth-order valence-corrected chi connectivity index (χ4v) is 2.96. The summed E-state index contributed by atoms with van der Waals surface area (Å²) in [5.41, 5.74) is 0.269. The van der Waals surface area contributed by atoms with E-state index in [9.17, 15) is 9.59 Å². The van der Waals surface area contributed by atoms with Crippen LogP contribution in [0.2, 0.25) is 0 Å². The Morgan fingerprint density at radius 2 is 2.05 bits per heavy atom. The van der Waals surface area contributed by atoms with Crippen LogP contribution in [-0.4, -0.2) is 21.9 Å². The number of amides is 1. The maximum absolute atomic E-state index is 12.3. The van der Waals surface area contributed by atoms with Gasteiger partial charge in [-0.3, -0.25) is 9.59 Å². The van der Waals surface area contributed by atoms with Gasteiger partial charge in [0.15, 0.2) is 5.82 Å². The summed E-state index contributed by atoms with van der Waals surface area (Å²) in [4.78, 5) is 31.1. The zero-order chi connectivity index (χ0) is 14.8. The van der Waals surface area contributed by atoms with Crippen LogP contribution >= 0.6 is 0 Å². The molecule has 0 bridgehead atoms. The Labute approximate surface area is 122 Å². The molecule has 5 heteroatoms. The quantitative estimate of drug-likeness (QED) is 0.888. The Balaban J connectivity index is 1.86. The van der Waals surface area contributed by atoms with Crippen molar-refractivity contribution in [2.75, 3.05) is 0 Å². The van der Waals surface area contributed by atoms with Gasteiger partial charge in [0, 0.05) is 6.04 Å². The third-order valence-electron chi connectivity index (χ3n) is 4.26. The Bertz CT molecular complexity index is 723. The maximum Gasteiger partial charge on any atom is 0.287 e. The number of H-pyrrole nitrogens is 1. The van der Waals surface area contributed by atoms with E-state index in [1.54, 1.807) is 24.3 Å². The molecule has 3 rings (SSSR count). The van der Waals surface area contributed by atoms with Crippen molar-refractivity contribution >= 4 is 16.8 Å². The van der Waals surface area contributed by atoms with Crippen molar-refractivity contribution in [3.05, 3.63) is 40.4 Å². The number of aromatic nitrogens is 2. The zero-order valence-electron chi connectivity index (χ0n) is 12.1. The number of nitrogens with zero attached hydrogens (tertiary/aromatic N) is 1. The smallest absolute Gasteiger partial charge is 0.287 e. The summed E-state index contributed by atoms with van der Waals surface area (Å²) in [5.74, 6) is 0.267. The molecule has 0 radical (unpaired) electrons. The molecule has 0 aliphatic heterocycles. The predicted molar refractivity (Wildman–Crippen MR) is 81.2 cm³/mol. The summed E-state index contributed by atoms with van der Waals surface area (Å²) in [6.07, 6.45) is 4.48. The van der Waals surface area contributed by atoms with E-state index in [1.807, 2.05) is 0 Å². The van der Waals surface area contributed by atoms with Crippen LogP contribution in [0.4, 0.5) is 0 Å². The molecule has 21 heavy (non-hydrogen) atoms. The van der Waals surface area contributed by atoms with Gasteiger partial charge >= 0.3 is 0 Å². The molecule has 1 heterocycles. The number of carbonyl (C=O) groups is 1. The molecule has 2 N–H and O–H groups in total. The van der Waals surface area contributed by atoms with Crippen LogP contribution in [0.15, 0.2) is 29.1 Å². The second-order valence-electron chi connectivity index (χ2n) is 5.77. The molecule has 1 aromatic heterocycles. The van der Waals surface area contributed by atoms with Crippen LogP contribution < -0.4 is 10.9 Å². The predicted octanol–water partition coefficient (Wildman–Crippen LogP) is 2.23. The molecule has 110 valence electrons. The minimum absolute atomic E-state index is 0.0940. The van der Waals surface area contributed by atoms with Gasteiger partial charge in [0.2, 0.25) is 0 Å². The lowest BCUT2D eigenvalue weighted by Crippen LogP contribution is -2.42. The summed E-state index contributed by atoms with van der Waals surface area (Å²) >= 11 is 0. The van der Waals surface area contributed by atoms with Gasteiger partial charge in [0.1, 0.15) is 0 Å². The van der Waals surface area contributed by atoms with Crippen molar-refractivity contribution < 1.29 is 4.79 Å². The van der Waals surface area contributed by atoms with Gasteiger partial charge in [0.25, 0.3) is 11.5 Å². The zero-order valence-corrected chi connectivity index (χ0v) is 12.1. The lowest BCUT2D eigenvalue weighted by atomic mass is 9.86. The van der Waals surface area contributed by atoms with Crippen LogP contribution in [0, 0.1) is 5.92 Å². The number of fused-ring (bicyclic) bond motifs is 1.